The summed E-state index contributed by atoms with van der Waals surface area (Å²) in [6.07, 6.45) is 0. The van der Waals surface area contributed by atoms with Crippen LogP contribution in [0.15, 0.2) is 58.1 Å². The first-order valence-electron chi connectivity index (χ1n) is 5.77. The molecule has 0 amide bonds. The lowest BCUT2D eigenvalue weighted by Gasteiger charge is -2.07. The molecule has 0 atom stereocenters. The van der Waals surface area contributed by atoms with E-state index in [1.807, 2.05) is 6.07 Å². The Kier molecular flexibility index (Phi) is 2.45. The van der Waals surface area contributed by atoms with Gasteiger partial charge in [-0.3, -0.25) is 4.79 Å². The second-order valence-electron chi connectivity index (χ2n) is 4.18. The highest BCUT2D eigenvalue weighted by molar-refractivity contribution is 5.88. The van der Waals surface area contributed by atoms with Crippen LogP contribution in [0.4, 0.5) is 5.69 Å². The average molecular weight is 253 g/mol. The number of hydrogen-bond acceptors (Lipinski definition) is 3. The minimum absolute atomic E-state index is 0.378. The van der Waals surface area contributed by atoms with Crippen LogP contribution in [0.3, 0.4) is 0 Å². The Morgan fingerprint density at radius 1 is 0.947 bits per heavy atom. The molecule has 94 valence electrons. The van der Waals surface area contributed by atoms with Crippen LogP contribution in [0.25, 0.3) is 16.6 Å². The topological polar surface area (TPSA) is 80.9 Å². The van der Waals surface area contributed by atoms with Crippen LogP contribution in [0.1, 0.15) is 0 Å². The molecule has 2 aromatic carbocycles. The van der Waals surface area contributed by atoms with Crippen molar-refractivity contribution in [2.24, 2.45) is 0 Å². The van der Waals surface area contributed by atoms with Gasteiger partial charge in [0, 0.05) is 0 Å². The van der Waals surface area contributed by atoms with Crippen molar-refractivity contribution in [3.8, 4) is 5.69 Å². The monoisotopic (exact) mass is 253 g/mol. The van der Waals surface area contributed by atoms with Crippen molar-refractivity contribution in [1.82, 2.24) is 9.55 Å². The molecule has 0 aliphatic carbocycles. The summed E-state index contributed by atoms with van der Waals surface area (Å²) in [7, 11) is 0. The van der Waals surface area contributed by atoms with Gasteiger partial charge in [0.15, 0.2) is 0 Å². The van der Waals surface area contributed by atoms with E-state index in [0.717, 1.165) is 4.57 Å². The highest BCUT2D eigenvalue weighted by atomic mass is 16.2. The molecule has 1 aromatic heterocycles. The first-order chi connectivity index (χ1) is 9.18. The van der Waals surface area contributed by atoms with Gasteiger partial charge in [0.25, 0.3) is 5.56 Å². The Morgan fingerprint density at radius 3 is 2.42 bits per heavy atom. The summed E-state index contributed by atoms with van der Waals surface area (Å²) < 4.78 is 1.10. The molecule has 0 saturated carbocycles. The number of para-hydroxylation sites is 2. The molecule has 19 heavy (non-hydrogen) atoms. The fourth-order valence-electron chi connectivity index (χ4n) is 2.07. The van der Waals surface area contributed by atoms with Crippen LogP contribution < -0.4 is 17.0 Å². The van der Waals surface area contributed by atoms with Crippen molar-refractivity contribution in [2.45, 2.75) is 0 Å². The zero-order chi connectivity index (χ0) is 13.4. The second kappa shape index (κ2) is 4.13. The molecular weight excluding hydrogens is 242 g/mol. The number of fused-ring (bicyclic) bond motifs is 1. The van der Waals surface area contributed by atoms with Gasteiger partial charge in [-0.1, -0.05) is 24.3 Å². The molecule has 0 aliphatic heterocycles. The number of nitrogens with zero attached hydrogens (tertiary/aromatic N) is 1. The van der Waals surface area contributed by atoms with Crippen LogP contribution in [-0.2, 0) is 0 Å². The molecule has 3 aromatic rings. The van der Waals surface area contributed by atoms with Crippen LogP contribution >= 0.6 is 0 Å². The fourth-order valence-corrected chi connectivity index (χ4v) is 2.07. The van der Waals surface area contributed by atoms with E-state index < -0.39 is 5.69 Å². The first-order valence-corrected chi connectivity index (χ1v) is 5.77. The number of aromatic amines is 1. The molecule has 5 nitrogen and oxygen atoms in total. The van der Waals surface area contributed by atoms with E-state index in [1.165, 1.54) is 0 Å². The molecule has 0 bridgehead atoms. The van der Waals surface area contributed by atoms with Crippen LogP contribution in [-0.4, -0.2) is 9.55 Å². The van der Waals surface area contributed by atoms with Gasteiger partial charge in [-0.2, -0.15) is 0 Å². The number of aromatic nitrogens is 2. The van der Waals surface area contributed by atoms with Crippen LogP contribution in [0.5, 0.6) is 0 Å². The smallest absolute Gasteiger partial charge is 0.333 e. The third kappa shape index (κ3) is 1.72. The summed E-state index contributed by atoms with van der Waals surface area (Å²) in [4.78, 5) is 27.1. The quantitative estimate of drug-likeness (QED) is 0.641. The largest absolute Gasteiger partial charge is 0.397 e. The van der Waals surface area contributed by atoms with Gasteiger partial charge < -0.3 is 10.7 Å². The van der Waals surface area contributed by atoms with Crippen LogP contribution in [0, 0.1) is 0 Å². The van der Waals surface area contributed by atoms with Gasteiger partial charge in [-0.15, -0.1) is 0 Å². The molecule has 0 spiro atoms. The number of nitrogens with two attached hydrogens (primary N) is 1. The van der Waals surface area contributed by atoms with Gasteiger partial charge in [0.2, 0.25) is 0 Å². The summed E-state index contributed by atoms with van der Waals surface area (Å²) in [5, 5.41) is 0.392. The highest BCUT2D eigenvalue weighted by Crippen LogP contribution is 2.14. The number of H-pyrrole nitrogens is 1. The summed E-state index contributed by atoms with van der Waals surface area (Å²) in [5.74, 6) is 0. The maximum atomic E-state index is 12.4. The van der Waals surface area contributed by atoms with Crippen molar-refractivity contribution in [3.05, 3.63) is 69.4 Å². The molecule has 0 unspecified atom stereocenters. The number of nitrogens with one attached hydrogen (secondary N) is 1. The Bertz CT molecular complexity index is 863. The van der Waals surface area contributed by atoms with Gasteiger partial charge in [0.1, 0.15) is 0 Å². The molecule has 5 heteroatoms. The Balaban J connectivity index is 2.47. The summed E-state index contributed by atoms with van der Waals surface area (Å²) in [6.45, 7) is 0. The van der Waals surface area contributed by atoms with E-state index in [0.29, 0.717) is 22.3 Å². The van der Waals surface area contributed by atoms with Crippen molar-refractivity contribution in [3.63, 3.8) is 0 Å². The fraction of sp³-hybridized carbons (Fsp3) is 0. The Hall–Kier alpha value is -2.82. The van der Waals surface area contributed by atoms with Crippen molar-refractivity contribution in [1.29, 1.82) is 0 Å². The Morgan fingerprint density at radius 2 is 1.68 bits per heavy atom. The lowest BCUT2D eigenvalue weighted by molar-refractivity contribution is 0.902. The highest BCUT2D eigenvalue weighted by Gasteiger charge is 2.10. The van der Waals surface area contributed by atoms with E-state index in [-0.39, 0.29) is 5.56 Å². The zero-order valence-corrected chi connectivity index (χ0v) is 9.96. The van der Waals surface area contributed by atoms with Gasteiger partial charge >= 0.3 is 5.69 Å². The predicted octanol–water partition coefficient (Wildman–Crippen LogP) is 1.26. The second-order valence-corrected chi connectivity index (χ2v) is 4.18. The lowest BCUT2D eigenvalue weighted by Crippen LogP contribution is -2.33. The lowest BCUT2D eigenvalue weighted by atomic mass is 10.2. The Labute approximate surface area is 107 Å². The number of hydrogen-bond donors (Lipinski definition) is 2. The van der Waals surface area contributed by atoms with Crippen molar-refractivity contribution in [2.75, 3.05) is 5.73 Å². The number of benzene rings is 2. The number of anilines is 1. The van der Waals surface area contributed by atoms with E-state index in [1.54, 1.807) is 42.5 Å². The minimum atomic E-state index is -0.499. The molecule has 0 radical (unpaired) electrons. The van der Waals surface area contributed by atoms with E-state index >= 15 is 0 Å². The normalized spacial score (nSPS) is 10.7. The molecule has 0 aliphatic rings. The van der Waals surface area contributed by atoms with Gasteiger partial charge in [-0.05, 0) is 24.3 Å². The third-order valence-electron chi connectivity index (χ3n) is 2.98. The van der Waals surface area contributed by atoms with Crippen molar-refractivity contribution >= 4 is 16.6 Å². The summed E-state index contributed by atoms with van der Waals surface area (Å²) >= 11 is 0. The number of rotatable bonds is 1. The van der Waals surface area contributed by atoms with Crippen LogP contribution in [0.2, 0.25) is 0 Å². The molecule has 3 rings (SSSR count). The van der Waals surface area contributed by atoms with E-state index in [9.17, 15) is 9.59 Å². The SMILES string of the molecule is Nc1cccc2c(=O)n(-c3ccccc3)c(=O)[nH]c12. The molecular formula is C14H11N3O2. The van der Waals surface area contributed by atoms with Gasteiger partial charge in [0.05, 0.1) is 22.3 Å². The van der Waals surface area contributed by atoms with Gasteiger partial charge in [-0.25, -0.2) is 9.36 Å². The maximum absolute atomic E-state index is 12.4. The zero-order valence-electron chi connectivity index (χ0n) is 9.96. The molecule has 0 fully saturated rings. The average Bonchev–Trinajstić information content (AvgIpc) is 2.41. The molecule has 0 saturated heterocycles. The summed E-state index contributed by atoms with van der Waals surface area (Å²) in [6, 6.07) is 13.7. The predicted molar refractivity (Wildman–Crippen MR) is 74.6 cm³/mol. The number of nitrogen functional groups attached to an aromatic ring is 1. The first kappa shape index (κ1) is 11.3. The van der Waals surface area contributed by atoms with E-state index in [2.05, 4.69) is 4.98 Å². The third-order valence-corrected chi connectivity index (χ3v) is 2.98. The molecule has 3 N–H and O–H groups in total. The van der Waals surface area contributed by atoms with Crippen molar-refractivity contribution < 1.29 is 0 Å². The van der Waals surface area contributed by atoms with E-state index in [4.69, 9.17) is 5.73 Å². The summed E-state index contributed by atoms with van der Waals surface area (Å²) in [5.41, 5.74) is 6.18. The molecule has 1 heterocycles. The maximum Gasteiger partial charge on any atom is 0.333 e. The standard InChI is InChI=1S/C14H11N3O2/c15-11-8-4-7-10-12(11)16-14(19)17(13(10)18)9-5-2-1-3-6-9/h1-8H,15H2,(H,16,19). The minimum Gasteiger partial charge on any atom is -0.397 e.